The number of rotatable bonds is 4. The minimum atomic E-state index is -3.79. The maximum Gasteiger partial charge on any atom is 0.337 e. The van der Waals surface area contributed by atoms with Crippen LogP contribution in [-0.4, -0.2) is 57.0 Å². The second-order valence-electron chi connectivity index (χ2n) is 5.84. The highest BCUT2D eigenvalue weighted by atomic mass is 35.5. The molecule has 0 atom stereocenters. The molecule has 10 heteroatoms. The molecule has 0 N–H and O–H groups in total. The summed E-state index contributed by atoms with van der Waals surface area (Å²) in [6.45, 7) is 1.44. The molecule has 0 amide bonds. The Balaban J connectivity index is 1.77. The Labute approximate surface area is 167 Å². The number of carbonyl (C=O) groups is 1. The highest BCUT2D eigenvalue weighted by Crippen LogP contribution is 2.28. The van der Waals surface area contributed by atoms with Crippen LogP contribution in [0, 0.1) is 0 Å². The number of methoxy groups -OCH3 is 1. The number of anilines is 1. The normalized spacial score (nSPS) is 15.6. The van der Waals surface area contributed by atoms with E-state index in [0.29, 0.717) is 23.9 Å². The average Bonchev–Trinajstić information content (AvgIpc) is 2.67. The quantitative estimate of drug-likeness (QED) is 0.694. The number of hydrogen-bond acceptors (Lipinski definition) is 6. The summed E-state index contributed by atoms with van der Waals surface area (Å²) in [4.78, 5) is 17.7. The second-order valence-corrected chi connectivity index (χ2v) is 8.56. The first-order chi connectivity index (χ1) is 12.8. The van der Waals surface area contributed by atoms with Crippen LogP contribution in [0.15, 0.2) is 41.4 Å². The smallest absolute Gasteiger partial charge is 0.337 e. The van der Waals surface area contributed by atoms with Crippen molar-refractivity contribution < 1.29 is 17.9 Å². The van der Waals surface area contributed by atoms with E-state index < -0.39 is 16.0 Å². The summed E-state index contributed by atoms with van der Waals surface area (Å²) in [7, 11) is -2.54. The highest BCUT2D eigenvalue weighted by molar-refractivity contribution is 7.89. The van der Waals surface area contributed by atoms with Gasteiger partial charge in [0.05, 0.1) is 22.7 Å². The first-order valence-electron chi connectivity index (χ1n) is 8.08. The molecule has 27 heavy (non-hydrogen) atoms. The molecule has 2 aromatic rings. The fourth-order valence-electron chi connectivity index (χ4n) is 2.84. The number of sulfonamides is 1. The van der Waals surface area contributed by atoms with Gasteiger partial charge in [-0.1, -0.05) is 23.2 Å². The molecule has 0 aliphatic carbocycles. The van der Waals surface area contributed by atoms with Gasteiger partial charge in [-0.25, -0.2) is 18.2 Å². The van der Waals surface area contributed by atoms with Crippen LogP contribution in [0.2, 0.25) is 10.0 Å². The summed E-state index contributed by atoms with van der Waals surface area (Å²) in [5.74, 6) is 0.0541. The molecule has 0 bridgehead atoms. The van der Waals surface area contributed by atoms with Crippen molar-refractivity contribution in [2.75, 3.05) is 38.2 Å². The van der Waals surface area contributed by atoms with E-state index in [9.17, 15) is 13.2 Å². The number of halogens is 2. The number of esters is 1. The van der Waals surface area contributed by atoms with Gasteiger partial charge < -0.3 is 9.64 Å². The van der Waals surface area contributed by atoms with Gasteiger partial charge in [0.25, 0.3) is 0 Å². The third-order valence-electron chi connectivity index (χ3n) is 4.25. The van der Waals surface area contributed by atoms with Gasteiger partial charge in [0.2, 0.25) is 10.0 Å². The molecule has 144 valence electrons. The van der Waals surface area contributed by atoms with Crippen LogP contribution in [0.5, 0.6) is 0 Å². The zero-order valence-electron chi connectivity index (χ0n) is 14.4. The Morgan fingerprint density at radius 2 is 1.81 bits per heavy atom. The maximum absolute atomic E-state index is 12.9. The van der Waals surface area contributed by atoms with Gasteiger partial charge in [0.15, 0.2) is 0 Å². The minimum absolute atomic E-state index is 0.0203. The molecule has 0 unspecified atom stereocenters. The number of aromatic nitrogens is 1. The third kappa shape index (κ3) is 4.03. The Bertz CT molecular complexity index is 960. The van der Waals surface area contributed by atoms with Crippen LogP contribution < -0.4 is 4.90 Å². The van der Waals surface area contributed by atoms with Crippen LogP contribution in [0.25, 0.3) is 0 Å². The van der Waals surface area contributed by atoms with Gasteiger partial charge in [-0.15, -0.1) is 0 Å². The summed E-state index contributed by atoms with van der Waals surface area (Å²) in [6, 6.07) is 7.49. The topological polar surface area (TPSA) is 79.8 Å². The van der Waals surface area contributed by atoms with Gasteiger partial charge >= 0.3 is 5.97 Å². The van der Waals surface area contributed by atoms with Crippen LogP contribution in [0.4, 0.5) is 5.82 Å². The summed E-state index contributed by atoms with van der Waals surface area (Å²) in [5.41, 5.74) is 0.191. The molecular weight excluding hydrogens is 413 g/mol. The highest BCUT2D eigenvalue weighted by Gasteiger charge is 2.31. The van der Waals surface area contributed by atoms with Gasteiger partial charge in [0.1, 0.15) is 10.7 Å². The molecule has 1 aliphatic rings. The summed E-state index contributed by atoms with van der Waals surface area (Å²) in [6.07, 6.45) is 1.65. The summed E-state index contributed by atoms with van der Waals surface area (Å²) < 4.78 is 31.8. The van der Waals surface area contributed by atoms with Crippen LogP contribution in [-0.2, 0) is 14.8 Å². The maximum atomic E-state index is 12.9. The largest absolute Gasteiger partial charge is 0.465 e. The van der Waals surface area contributed by atoms with E-state index in [1.165, 1.54) is 29.6 Å². The number of pyridine rings is 1. The van der Waals surface area contributed by atoms with E-state index in [4.69, 9.17) is 23.2 Å². The predicted octanol–water partition coefficient (Wildman–Crippen LogP) is 2.69. The Kier molecular flexibility index (Phi) is 5.90. The van der Waals surface area contributed by atoms with Crippen molar-refractivity contribution in [1.82, 2.24) is 9.29 Å². The Hall–Kier alpha value is -1.87. The molecule has 2 heterocycles. The molecule has 1 fully saturated rings. The fraction of sp³-hybridized carbons (Fsp3) is 0.294. The first kappa shape index (κ1) is 19.9. The van der Waals surface area contributed by atoms with Crippen LogP contribution in [0.3, 0.4) is 0 Å². The van der Waals surface area contributed by atoms with E-state index in [0.717, 1.165) is 0 Å². The standard InChI is InChI=1S/C17H17Cl2N3O4S/c1-26-17(23)12-4-5-15(14(19)11-12)27(24,25)22-9-7-21(8-10-22)16-13(18)3-2-6-20-16/h2-6,11H,7-10H2,1H3. The van der Waals surface area contributed by atoms with E-state index in [1.807, 2.05) is 4.90 Å². The Morgan fingerprint density at radius 3 is 2.41 bits per heavy atom. The molecule has 1 aliphatic heterocycles. The number of nitrogens with zero attached hydrogens (tertiary/aromatic N) is 3. The van der Waals surface area contributed by atoms with Gasteiger partial charge in [0, 0.05) is 32.4 Å². The van der Waals surface area contributed by atoms with Gasteiger partial charge in [-0.3, -0.25) is 0 Å². The first-order valence-corrected chi connectivity index (χ1v) is 10.3. The van der Waals surface area contributed by atoms with Crippen molar-refractivity contribution in [1.29, 1.82) is 0 Å². The third-order valence-corrected chi connectivity index (χ3v) is 6.92. The molecular formula is C17H17Cl2N3O4S. The van der Waals surface area contributed by atoms with Crippen molar-refractivity contribution in [3.8, 4) is 0 Å². The van der Waals surface area contributed by atoms with Crippen LogP contribution in [0.1, 0.15) is 10.4 Å². The Morgan fingerprint density at radius 1 is 1.11 bits per heavy atom. The molecule has 0 saturated carbocycles. The molecule has 7 nitrogen and oxygen atoms in total. The fourth-order valence-corrected chi connectivity index (χ4v) is 5.03. The predicted molar refractivity (Wildman–Crippen MR) is 103 cm³/mol. The minimum Gasteiger partial charge on any atom is -0.465 e. The lowest BCUT2D eigenvalue weighted by atomic mass is 10.2. The van der Waals surface area contributed by atoms with Crippen molar-refractivity contribution in [3.05, 3.63) is 52.1 Å². The lowest BCUT2D eigenvalue weighted by molar-refractivity contribution is 0.0600. The van der Waals surface area contributed by atoms with E-state index in [-0.39, 0.29) is 28.6 Å². The van der Waals surface area contributed by atoms with E-state index in [2.05, 4.69) is 9.72 Å². The number of piperazine rings is 1. The van der Waals surface area contributed by atoms with E-state index >= 15 is 0 Å². The summed E-state index contributed by atoms with van der Waals surface area (Å²) in [5, 5.41) is 0.503. The molecule has 1 saturated heterocycles. The number of ether oxygens (including phenoxy) is 1. The zero-order valence-corrected chi connectivity index (χ0v) is 16.8. The lowest BCUT2D eigenvalue weighted by Crippen LogP contribution is -2.49. The molecule has 0 spiro atoms. The zero-order chi connectivity index (χ0) is 19.6. The number of carbonyl (C=O) groups excluding carboxylic acids is 1. The van der Waals surface area contributed by atoms with Gasteiger partial charge in [-0.05, 0) is 30.3 Å². The van der Waals surface area contributed by atoms with Crippen molar-refractivity contribution in [2.24, 2.45) is 0 Å². The SMILES string of the molecule is COC(=O)c1ccc(S(=O)(=O)N2CCN(c3ncccc3Cl)CC2)c(Cl)c1. The average molecular weight is 430 g/mol. The molecule has 3 rings (SSSR count). The lowest BCUT2D eigenvalue weighted by Gasteiger charge is -2.35. The van der Waals surface area contributed by atoms with Crippen LogP contribution >= 0.6 is 23.2 Å². The number of hydrogen-bond donors (Lipinski definition) is 0. The monoisotopic (exact) mass is 429 g/mol. The molecule has 1 aromatic carbocycles. The van der Waals surface area contributed by atoms with E-state index in [1.54, 1.807) is 18.3 Å². The van der Waals surface area contributed by atoms with Crippen molar-refractivity contribution in [3.63, 3.8) is 0 Å². The van der Waals surface area contributed by atoms with Crippen molar-refractivity contribution in [2.45, 2.75) is 4.90 Å². The molecule has 0 radical (unpaired) electrons. The number of benzene rings is 1. The van der Waals surface area contributed by atoms with Gasteiger partial charge in [-0.2, -0.15) is 4.31 Å². The summed E-state index contributed by atoms with van der Waals surface area (Å²) >= 11 is 12.3. The second kappa shape index (κ2) is 8.02. The molecule has 1 aromatic heterocycles. The van der Waals surface area contributed by atoms with Crippen molar-refractivity contribution >= 4 is 45.0 Å².